The Morgan fingerprint density at radius 2 is 2.27 bits per heavy atom. The van der Waals surface area contributed by atoms with Gasteiger partial charge < -0.3 is 10.1 Å². The van der Waals surface area contributed by atoms with Gasteiger partial charge in [0.2, 0.25) is 0 Å². The van der Waals surface area contributed by atoms with Crippen molar-refractivity contribution in [2.45, 2.75) is 12.3 Å². The topological polar surface area (TPSA) is 21.3 Å². The molecule has 1 fully saturated rings. The number of fused-ring (bicyclic) bond motifs is 3. The van der Waals surface area contributed by atoms with Gasteiger partial charge in [-0.15, -0.1) is 0 Å². The minimum Gasteiger partial charge on any atom is -0.495 e. The number of ether oxygens (including phenoxy) is 1. The maximum Gasteiger partial charge on any atom is 0.137 e. The van der Waals surface area contributed by atoms with E-state index in [1.54, 1.807) is 7.11 Å². The lowest BCUT2D eigenvalue weighted by atomic mass is 9.96. The van der Waals surface area contributed by atoms with E-state index in [9.17, 15) is 0 Å². The van der Waals surface area contributed by atoms with Gasteiger partial charge in [0.15, 0.2) is 0 Å². The molecule has 3 heteroatoms. The van der Waals surface area contributed by atoms with Crippen molar-refractivity contribution in [2.24, 2.45) is 5.92 Å². The molecule has 1 aromatic carbocycles. The van der Waals surface area contributed by atoms with E-state index in [4.69, 9.17) is 16.3 Å². The van der Waals surface area contributed by atoms with Crippen LogP contribution in [0.1, 0.15) is 17.0 Å². The Labute approximate surface area is 94.6 Å². The lowest BCUT2D eigenvalue weighted by Gasteiger charge is -2.12. The van der Waals surface area contributed by atoms with Gasteiger partial charge in [0.1, 0.15) is 5.75 Å². The molecule has 3 rings (SSSR count). The number of hydrogen-bond donors (Lipinski definition) is 1. The monoisotopic (exact) mass is 223 g/mol. The Bertz CT molecular complexity index is 405. The molecule has 0 aromatic heterocycles. The Kier molecular flexibility index (Phi) is 2.15. The molecule has 80 valence electrons. The standard InChI is InChI=1S/C12H14ClNO/c1-15-10-3-2-7-4-8-5-14-6-9(8)11(7)12(10)13/h2-3,8-9,14H,4-6H2,1H3. The number of rotatable bonds is 1. The van der Waals surface area contributed by atoms with Gasteiger partial charge in [0.05, 0.1) is 12.1 Å². The van der Waals surface area contributed by atoms with Crippen molar-refractivity contribution in [2.75, 3.05) is 20.2 Å². The maximum absolute atomic E-state index is 6.37. The van der Waals surface area contributed by atoms with Crippen LogP contribution in [0.15, 0.2) is 12.1 Å². The molecule has 2 aliphatic rings. The summed E-state index contributed by atoms with van der Waals surface area (Å²) in [5.74, 6) is 2.15. The number of halogens is 1. The summed E-state index contributed by atoms with van der Waals surface area (Å²) in [6.07, 6.45) is 1.16. The van der Waals surface area contributed by atoms with Crippen LogP contribution in [0, 0.1) is 5.92 Å². The fraction of sp³-hybridized carbons (Fsp3) is 0.500. The van der Waals surface area contributed by atoms with Crippen molar-refractivity contribution in [3.63, 3.8) is 0 Å². The summed E-state index contributed by atoms with van der Waals surface area (Å²) in [5, 5.41) is 4.26. The largest absolute Gasteiger partial charge is 0.495 e. The first kappa shape index (κ1) is 9.49. The normalized spacial score (nSPS) is 27.6. The highest BCUT2D eigenvalue weighted by Crippen LogP contribution is 2.46. The molecule has 2 unspecified atom stereocenters. The molecule has 1 N–H and O–H groups in total. The maximum atomic E-state index is 6.37. The molecule has 0 bridgehead atoms. The molecule has 1 heterocycles. The summed E-state index contributed by atoms with van der Waals surface area (Å²) in [7, 11) is 1.67. The van der Waals surface area contributed by atoms with E-state index >= 15 is 0 Å². The smallest absolute Gasteiger partial charge is 0.137 e. The summed E-state index contributed by atoms with van der Waals surface area (Å²) >= 11 is 6.37. The van der Waals surface area contributed by atoms with Crippen LogP contribution < -0.4 is 10.1 Å². The molecule has 15 heavy (non-hydrogen) atoms. The van der Waals surface area contributed by atoms with Crippen LogP contribution in [0.4, 0.5) is 0 Å². The highest BCUT2D eigenvalue weighted by molar-refractivity contribution is 6.33. The summed E-state index contributed by atoms with van der Waals surface area (Å²) < 4.78 is 5.27. The third-order valence-corrected chi connectivity index (χ3v) is 4.04. The van der Waals surface area contributed by atoms with Crippen LogP contribution in [0.25, 0.3) is 0 Å². The molecular formula is C12H14ClNO. The van der Waals surface area contributed by atoms with Crippen molar-refractivity contribution in [1.82, 2.24) is 5.32 Å². The van der Waals surface area contributed by atoms with Gasteiger partial charge in [0, 0.05) is 12.5 Å². The first-order chi connectivity index (χ1) is 7.31. The van der Waals surface area contributed by atoms with Gasteiger partial charge in [0.25, 0.3) is 0 Å². The Hall–Kier alpha value is -0.730. The lowest BCUT2D eigenvalue weighted by Crippen LogP contribution is -2.10. The minimum atomic E-state index is 0.600. The summed E-state index contributed by atoms with van der Waals surface area (Å²) in [6.45, 7) is 2.18. The second kappa shape index (κ2) is 3.39. The first-order valence-electron chi connectivity index (χ1n) is 5.37. The molecule has 0 spiro atoms. The first-order valence-corrected chi connectivity index (χ1v) is 5.75. The zero-order chi connectivity index (χ0) is 10.4. The van der Waals surface area contributed by atoms with Crippen LogP contribution in [0.2, 0.25) is 5.02 Å². The van der Waals surface area contributed by atoms with Crippen molar-refractivity contribution < 1.29 is 4.74 Å². The van der Waals surface area contributed by atoms with Crippen molar-refractivity contribution in [3.05, 3.63) is 28.3 Å². The van der Waals surface area contributed by atoms with Gasteiger partial charge in [-0.2, -0.15) is 0 Å². The van der Waals surface area contributed by atoms with Gasteiger partial charge >= 0.3 is 0 Å². The average molecular weight is 224 g/mol. The number of methoxy groups -OCH3 is 1. The summed E-state index contributed by atoms with van der Waals surface area (Å²) in [6, 6.07) is 4.15. The quantitative estimate of drug-likeness (QED) is 0.788. The van der Waals surface area contributed by atoms with E-state index in [0.29, 0.717) is 5.92 Å². The Morgan fingerprint density at radius 1 is 1.40 bits per heavy atom. The van der Waals surface area contributed by atoms with Crippen molar-refractivity contribution in [3.8, 4) is 5.75 Å². The van der Waals surface area contributed by atoms with Gasteiger partial charge in [-0.05, 0) is 36.1 Å². The molecular weight excluding hydrogens is 210 g/mol. The molecule has 0 amide bonds. The second-order valence-electron chi connectivity index (χ2n) is 4.38. The predicted molar refractivity (Wildman–Crippen MR) is 60.8 cm³/mol. The third-order valence-electron chi connectivity index (χ3n) is 3.65. The Morgan fingerprint density at radius 3 is 3.07 bits per heavy atom. The van der Waals surface area contributed by atoms with E-state index in [2.05, 4.69) is 11.4 Å². The molecule has 2 atom stereocenters. The minimum absolute atomic E-state index is 0.600. The van der Waals surface area contributed by atoms with Gasteiger partial charge in [-0.3, -0.25) is 0 Å². The molecule has 1 aliphatic heterocycles. The van der Waals surface area contributed by atoms with Crippen LogP contribution in [0.5, 0.6) is 5.75 Å². The summed E-state index contributed by atoms with van der Waals surface area (Å²) in [4.78, 5) is 0. The fourth-order valence-corrected chi connectivity index (χ4v) is 3.32. The second-order valence-corrected chi connectivity index (χ2v) is 4.76. The van der Waals surface area contributed by atoms with Crippen LogP contribution >= 0.6 is 11.6 Å². The summed E-state index contributed by atoms with van der Waals surface area (Å²) in [5.41, 5.74) is 2.74. The zero-order valence-corrected chi connectivity index (χ0v) is 9.47. The highest BCUT2D eigenvalue weighted by atomic mass is 35.5. The average Bonchev–Trinajstić information content (AvgIpc) is 2.77. The van der Waals surface area contributed by atoms with Crippen LogP contribution in [-0.2, 0) is 6.42 Å². The van der Waals surface area contributed by atoms with E-state index in [-0.39, 0.29) is 0 Å². The zero-order valence-electron chi connectivity index (χ0n) is 8.72. The van der Waals surface area contributed by atoms with E-state index in [0.717, 1.165) is 36.2 Å². The number of nitrogens with one attached hydrogen (secondary N) is 1. The van der Waals surface area contributed by atoms with Crippen LogP contribution in [0.3, 0.4) is 0 Å². The van der Waals surface area contributed by atoms with Crippen LogP contribution in [-0.4, -0.2) is 20.2 Å². The lowest BCUT2D eigenvalue weighted by molar-refractivity contribution is 0.414. The molecule has 0 radical (unpaired) electrons. The highest BCUT2D eigenvalue weighted by Gasteiger charge is 2.38. The van der Waals surface area contributed by atoms with Gasteiger partial charge in [-0.25, -0.2) is 0 Å². The van der Waals surface area contributed by atoms with Crippen molar-refractivity contribution >= 4 is 11.6 Å². The van der Waals surface area contributed by atoms with E-state index < -0.39 is 0 Å². The SMILES string of the molecule is COc1ccc2c(c1Cl)C1CNCC1C2. The molecule has 2 nitrogen and oxygen atoms in total. The van der Waals surface area contributed by atoms with Crippen molar-refractivity contribution in [1.29, 1.82) is 0 Å². The molecule has 1 saturated heterocycles. The van der Waals surface area contributed by atoms with E-state index in [1.165, 1.54) is 11.1 Å². The number of benzene rings is 1. The third kappa shape index (κ3) is 1.28. The molecule has 1 aliphatic carbocycles. The molecule has 1 aromatic rings. The van der Waals surface area contributed by atoms with E-state index in [1.807, 2.05) is 6.07 Å². The fourth-order valence-electron chi connectivity index (χ4n) is 2.92. The molecule has 0 saturated carbocycles. The Balaban J connectivity index is 2.12. The number of hydrogen-bond acceptors (Lipinski definition) is 2. The predicted octanol–water partition coefficient (Wildman–Crippen LogP) is 2.21. The van der Waals surface area contributed by atoms with Gasteiger partial charge in [-0.1, -0.05) is 17.7 Å².